The Morgan fingerprint density at radius 2 is 2.44 bits per heavy atom. The average molecular weight is 192 g/mol. The number of piperidine rings is 1. The van der Waals surface area contributed by atoms with Crippen molar-refractivity contribution in [1.82, 2.24) is 5.32 Å². The highest BCUT2D eigenvalue weighted by Gasteiger charge is 2.18. The Morgan fingerprint density at radius 3 is 2.89 bits per heavy atom. The van der Waals surface area contributed by atoms with E-state index in [1.54, 1.807) is 0 Å². The number of nitrogens with one attached hydrogen (secondary N) is 1. The number of rotatable bonds is 1. The first-order chi connectivity index (χ1) is 4.34. The molecule has 1 rings (SSSR count). The molecule has 0 spiro atoms. The second kappa shape index (κ2) is 3.57. The van der Waals surface area contributed by atoms with Gasteiger partial charge < -0.3 is 5.32 Å². The molecule has 54 valence electrons. The van der Waals surface area contributed by atoms with Gasteiger partial charge in [0.25, 0.3) is 0 Å². The van der Waals surface area contributed by atoms with Gasteiger partial charge in [-0.15, -0.1) is 0 Å². The van der Waals surface area contributed by atoms with Crippen LogP contribution < -0.4 is 5.32 Å². The summed E-state index contributed by atoms with van der Waals surface area (Å²) in [7, 11) is 0. The van der Waals surface area contributed by atoms with Crippen LogP contribution in [0.25, 0.3) is 0 Å². The molecule has 1 fully saturated rings. The van der Waals surface area contributed by atoms with E-state index in [-0.39, 0.29) is 0 Å². The summed E-state index contributed by atoms with van der Waals surface area (Å²) in [6.45, 7) is 4.75. The lowest BCUT2D eigenvalue weighted by Gasteiger charge is -2.27. The van der Waals surface area contributed by atoms with Gasteiger partial charge in [0.15, 0.2) is 0 Å². The van der Waals surface area contributed by atoms with Crippen molar-refractivity contribution in [3.63, 3.8) is 0 Å². The number of hydrogen-bond donors (Lipinski definition) is 1. The zero-order chi connectivity index (χ0) is 6.69. The monoisotopic (exact) mass is 191 g/mol. The molecule has 9 heavy (non-hydrogen) atoms. The van der Waals surface area contributed by atoms with Gasteiger partial charge in [-0.05, 0) is 31.3 Å². The fourth-order valence-corrected chi connectivity index (χ4v) is 2.13. The fourth-order valence-electron chi connectivity index (χ4n) is 1.26. The predicted molar refractivity (Wildman–Crippen MR) is 43.9 cm³/mol. The molecule has 0 radical (unpaired) electrons. The maximum absolute atomic E-state index is 3.51. The summed E-state index contributed by atoms with van der Waals surface area (Å²) in [5.74, 6) is 1.77. The van der Waals surface area contributed by atoms with Crippen molar-refractivity contribution in [2.75, 3.05) is 18.4 Å². The van der Waals surface area contributed by atoms with E-state index in [0.717, 1.165) is 17.2 Å². The minimum atomic E-state index is 0.860. The van der Waals surface area contributed by atoms with E-state index in [4.69, 9.17) is 0 Å². The minimum absolute atomic E-state index is 0.860. The van der Waals surface area contributed by atoms with Crippen LogP contribution in [-0.4, -0.2) is 18.4 Å². The van der Waals surface area contributed by atoms with Gasteiger partial charge in [-0.1, -0.05) is 22.9 Å². The van der Waals surface area contributed by atoms with E-state index in [1.807, 2.05) is 0 Å². The van der Waals surface area contributed by atoms with Gasteiger partial charge in [0, 0.05) is 5.33 Å². The standard InChI is InChI=1S/C7H14BrN/c1-6-2-3-9-5-7(6)4-8/h6-7,9H,2-5H2,1H3. The summed E-state index contributed by atoms with van der Waals surface area (Å²) in [6, 6.07) is 0. The van der Waals surface area contributed by atoms with E-state index in [2.05, 4.69) is 28.2 Å². The molecule has 0 saturated carbocycles. The molecular formula is C7H14BrN. The fraction of sp³-hybridized carbons (Fsp3) is 1.00. The Labute approximate surface area is 65.3 Å². The summed E-state index contributed by atoms with van der Waals surface area (Å²) >= 11 is 3.51. The summed E-state index contributed by atoms with van der Waals surface area (Å²) < 4.78 is 0. The second-order valence-electron chi connectivity index (χ2n) is 2.88. The van der Waals surface area contributed by atoms with Crippen LogP contribution >= 0.6 is 15.9 Å². The number of halogens is 1. The van der Waals surface area contributed by atoms with Crippen LogP contribution in [0.2, 0.25) is 0 Å². The second-order valence-corrected chi connectivity index (χ2v) is 3.53. The van der Waals surface area contributed by atoms with Gasteiger partial charge in [-0.3, -0.25) is 0 Å². The predicted octanol–water partition coefficient (Wildman–Crippen LogP) is 1.63. The minimum Gasteiger partial charge on any atom is -0.316 e. The largest absolute Gasteiger partial charge is 0.316 e. The molecule has 1 heterocycles. The molecule has 2 heteroatoms. The van der Waals surface area contributed by atoms with Gasteiger partial charge in [0.2, 0.25) is 0 Å². The maximum atomic E-state index is 3.51. The first-order valence-electron chi connectivity index (χ1n) is 3.61. The summed E-state index contributed by atoms with van der Waals surface area (Å²) in [5.41, 5.74) is 0. The maximum Gasteiger partial charge on any atom is 0.00743 e. The van der Waals surface area contributed by atoms with Crippen molar-refractivity contribution in [2.24, 2.45) is 11.8 Å². The summed E-state index contributed by atoms with van der Waals surface area (Å²) in [4.78, 5) is 0. The number of alkyl halides is 1. The van der Waals surface area contributed by atoms with Crippen LogP contribution in [0, 0.1) is 11.8 Å². The molecular weight excluding hydrogens is 178 g/mol. The Balaban J connectivity index is 2.30. The van der Waals surface area contributed by atoms with E-state index >= 15 is 0 Å². The van der Waals surface area contributed by atoms with Crippen molar-refractivity contribution in [3.8, 4) is 0 Å². The van der Waals surface area contributed by atoms with Crippen LogP contribution in [0.15, 0.2) is 0 Å². The van der Waals surface area contributed by atoms with Gasteiger partial charge in [0.1, 0.15) is 0 Å². The molecule has 1 saturated heterocycles. The zero-order valence-corrected chi connectivity index (χ0v) is 7.45. The Hall–Kier alpha value is 0.440. The molecule has 1 N–H and O–H groups in total. The Bertz CT molecular complexity index is 85.0. The molecule has 1 aliphatic rings. The third kappa shape index (κ3) is 1.94. The van der Waals surface area contributed by atoms with Crippen LogP contribution in [0.1, 0.15) is 13.3 Å². The molecule has 0 aromatic rings. The molecule has 0 aromatic carbocycles. The number of hydrogen-bond acceptors (Lipinski definition) is 1. The van der Waals surface area contributed by atoms with Crippen molar-refractivity contribution >= 4 is 15.9 Å². The van der Waals surface area contributed by atoms with Gasteiger partial charge >= 0.3 is 0 Å². The average Bonchev–Trinajstić information content (AvgIpc) is 1.89. The highest BCUT2D eigenvalue weighted by Crippen LogP contribution is 2.19. The lowest BCUT2D eigenvalue weighted by atomic mass is 9.90. The van der Waals surface area contributed by atoms with Crippen LogP contribution in [0.3, 0.4) is 0 Å². The lowest BCUT2D eigenvalue weighted by Crippen LogP contribution is -2.36. The smallest absolute Gasteiger partial charge is 0.00743 e. The first kappa shape index (κ1) is 7.55. The van der Waals surface area contributed by atoms with Gasteiger partial charge in [-0.25, -0.2) is 0 Å². The SMILES string of the molecule is CC1CCNCC1CBr. The molecule has 1 nitrogen and oxygen atoms in total. The third-order valence-electron chi connectivity index (χ3n) is 2.19. The topological polar surface area (TPSA) is 12.0 Å². The lowest BCUT2D eigenvalue weighted by molar-refractivity contribution is 0.302. The summed E-state index contributed by atoms with van der Waals surface area (Å²) in [5, 5.41) is 4.54. The summed E-state index contributed by atoms with van der Waals surface area (Å²) in [6.07, 6.45) is 1.34. The molecule has 0 amide bonds. The first-order valence-corrected chi connectivity index (χ1v) is 4.73. The van der Waals surface area contributed by atoms with Crippen LogP contribution in [-0.2, 0) is 0 Å². The molecule has 1 aliphatic heterocycles. The molecule has 0 bridgehead atoms. The highest BCUT2D eigenvalue weighted by molar-refractivity contribution is 9.09. The Kier molecular flexibility index (Phi) is 2.99. The van der Waals surface area contributed by atoms with Crippen molar-refractivity contribution < 1.29 is 0 Å². The quantitative estimate of drug-likeness (QED) is 0.622. The third-order valence-corrected chi connectivity index (χ3v) is 3.02. The van der Waals surface area contributed by atoms with E-state index in [9.17, 15) is 0 Å². The molecule has 2 atom stereocenters. The van der Waals surface area contributed by atoms with Crippen molar-refractivity contribution in [1.29, 1.82) is 0 Å². The zero-order valence-electron chi connectivity index (χ0n) is 5.86. The van der Waals surface area contributed by atoms with Gasteiger partial charge in [-0.2, -0.15) is 0 Å². The van der Waals surface area contributed by atoms with Crippen molar-refractivity contribution in [2.45, 2.75) is 13.3 Å². The molecule has 0 aromatic heterocycles. The Morgan fingerprint density at radius 1 is 1.67 bits per heavy atom. The van der Waals surface area contributed by atoms with E-state index in [1.165, 1.54) is 19.5 Å². The normalized spacial score (nSPS) is 36.7. The van der Waals surface area contributed by atoms with Gasteiger partial charge in [0.05, 0.1) is 0 Å². The molecule has 0 aliphatic carbocycles. The van der Waals surface area contributed by atoms with Crippen LogP contribution in [0.5, 0.6) is 0 Å². The van der Waals surface area contributed by atoms with Crippen LogP contribution in [0.4, 0.5) is 0 Å². The highest BCUT2D eigenvalue weighted by atomic mass is 79.9. The van der Waals surface area contributed by atoms with E-state index in [0.29, 0.717) is 0 Å². The molecule has 2 unspecified atom stereocenters. The van der Waals surface area contributed by atoms with Crippen molar-refractivity contribution in [3.05, 3.63) is 0 Å². The van der Waals surface area contributed by atoms with E-state index < -0.39 is 0 Å².